The predicted molar refractivity (Wildman–Crippen MR) is 93.0 cm³/mol. The monoisotopic (exact) mass is 330 g/mol. The second-order valence-electron chi connectivity index (χ2n) is 5.68. The molecule has 122 valence electrons. The number of aromatic nitrogens is 2. The van der Waals surface area contributed by atoms with Gasteiger partial charge in [0.15, 0.2) is 5.82 Å². The van der Waals surface area contributed by atoms with Crippen LogP contribution < -0.4 is 10.2 Å². The molecule has 0 unspecified atom stereocenters. The van der Waals surface area contributed by atoms with Gasteiger partial charge in [-0.25, -0.2) is 0 Å². The van der Waals surface area contributed by atoms with Crippen LogP contribution in [0.5, 0.6) is 0 Å². The molecule has 3 rings (SSSR count). The molecule has 5 nitrogen and oxygen atoms in total. The van der Waals surface area contributed by atoms with Crippen LogP contribution >= 0.6 is 0 Å². The van der Waals surface area contributed by atoms with E-state index in [0.717, 1.165) is 43.2 Å². The van der Waals surface area contributed by atoms with Crippen LogP contribution in [-0.2, 0) is 10.8 Å². The van der Waals surface area contributed by atoms with E-state index in [-0.39, 0.29) is 0 Å². The Balaban J connectivity index is 1.46. The van der Waals surface area contributed by atoms with E-state index in [1.54, 1.807) is 6.20 Å². The smallest absolute Gasteiger partial charge is 0.151 e. The fourth-order valence-corrected chi connectivity index (χ4v) is 3.86. The molecule has 1 saturated heterocycles. The fraction of sp³-hybridized carbons (Fsp3) is 0.412. The lowest BCUT2D eigenvalue weighted by Crippen LogP contribution is -2.47. The summed E-state index contributed by atoms with van der Waals surface area (Å²) in [6.45, 7) is 2.71. The molecule has 0 amide bonds. The molecule has 0 bridgehead atoms. The van der Waals surface area contributed by atoms with Crippen LogP contribution in [0.3, 0.4) is 0 Å². The molecule has 0 spiro atoms. The molecule has 1 aromatic carbocycles. The zero-order chi connectivity index (χ0) is 15.9. The Morgan fingerprint density at radius 3 is 2.87 bits per heavy atom. The van der Waals surface area contributed by atoms with Gasteiger partial charge >= 0.3 is 0 Å². The third-order valence-corrected chi connectivity index (χ3v) is 5.40. The normalized spacial score (nSPS) is 19.5. The van der Waals surface area contributed by atoms with Crippen molar-refractivity contribution in [3.05, 3.63) is 48.7 Å². The largest absolute Gasteiger partial charge is 0.354 e. The topological polar surface area (TPSA) is 58.1 Å². The van der Waals surface area contributed by atoms with Gasteiger partial charge in [0.2, 0.25) is 0 Å². The number of nitrogens with zero attached hydrogens (tertiary/aromatic N) is 3. The maximum atomic E-state index is 12.2. The zero-order valence-corrected chi connectivity index (χ0v) is 13.9. The first-order chi connectivity index (χ1) is 11.3. The summed E-state index contributed by atoms with van der Waals surface area (Å²) in [5.41, 5.74) is 0. The number of benzene rings is 1. The van der Waals surface area contributed by atoms with Crippen molar-refractivity contribution in [1.82, 2.24) is 15.5 Å². The maximum Gasteiger partial charge on any atom is 0.151 e. The van der Waals surface area contributed by atoms with E-state index in [0.29, 0.717) is 11.8 Å². The number of nitrogens with one attached hydrogen (secondary N) is 1. The number of rotatable bonds is 6. The van der Waals surface area contributed by atoms with Crippen molar-refractivity contribution < 1.29 is 4.21 Å². The minimum atomic E-state index is -0.931. The molecule has 1 aromatic heterocycles. The highest BCUT2D eigenvalue weighted by molar-refractivity contribution is 7.85. The Morgan fingerprint density at radius 1 is 1.22 bits per heavy atom. The first-order valence-electron chi connectivity index (χ1n) is 8.02. The fourth-order valence-electron chi connectivity index (χ4n) is 2.86. The quantitative estimate of drug-likeness (QED) is 0.876. The predicted octanol–water partition coefficient (Wildman–Crippen LogP) is 1.84. The third kappa shape index (κ3) is 4.59. The van der Waals surface area contributed by atoms with Gasteiger partial charge in [0, 0.05) is 42.5 Å². The van der Waals surface area contributed by atoms with E-state index in [4.69, 9.17) is 0 Å². The number of hydrogen-bond acceptors (Lipinski definition) is 5. The molecular weight excluding hydrogens is 308 g/mol. The SMILES string of the molecule is O=[S@@](CCN[C@H]1CCCN(c2cccnn2)C1)c1ccccc1. The summed E-state index contributed by atoms with van der Waals surface area (Å²) >= 11 is 0. The molecule has 23 heavy (non-hydrogen) atoms. The highest BCUT2D eigenvalue weighted by atomic mass is 32.2. The molecule has 1 N–H and O–H groups in total. The second kappa shape index (κ2) is 8.17. The van der Waals surface area contributed by atoms with Crippen molar-refractivity contribution in [3.8, 4) is 0 Å². The Hall–Kier alpha value is -1.79. The van der Waals surface area contributed by atoms with Crippen molar-refractivity contribution in [2.45, 2.75) is 23.8 Å². The lowest BCUT2D eigenvalue weighted by Gasteiger charge is -2.33. The van der Waals surface area contributed by atoms with Crippen LogP contribution in [0, 0.1) is 0 Å². The third-order valence-electron chi connectivity index (χ3n) is 4.03. The lowest BCUT2D eigenvalue weighted by atomic mass is 10.1. The first kappa shape index (κ1) is 16.1. The Kier molecular flexibility index (Phi) is 5.71. The van der Waals surface area contributed by atoms with Gasteiger partial charge < -0.3 is 10.2 Å². The molecule has 6 heteroatoms. The Bertz CT molecular complexity index is 623. The zero-order valence-electron chi connectivity index (χ0n) is 13.1. The van der Waals surface area contributed by atoms with Gasteiger partial charge in [0.25, 0.3) is 0 Å². The minimum absolute atomic E-state index is 0.415. The van der Waals surface area contributed by atoms with Gasteiger partial charge in [-0.1, -0.05) is 18.2 Å². The van der Waals surface area contributed by atoms with E-state index in [1.165, 1.54) is 0 Å². The molecule has 0 saturated carbocycles. The molecule has 1 aliphatic rings. The second-order valence-corrected chi connectivity index (χ2v) is 7.25. The Labute approximate surface area is 139 Å². The first-order valence-corrected chi connectivity index (χ1v) is 9.34. The van der Waals surface area contributed by atoms with Crippen molar-refractivity contribution in [1.29, 1.82) is 0 Å². The van der Waals surface area contributed by atoms with E-state index < -0.39 is 10.8 Å². The number of hydrogen-bond donors (Lipinski definition) is 1. The van der Waals surface area contributed by atoms with Crippen molar-refractivity contribution in [2.75, 3.05) is 30.3 Å². The van der Waals surface area contributed by atoms with E-state index in [9.17, 15) is 4.21 Å². The summed E-state index contributed by atoms with van der Waals surface area (Å²) in [5.74, 6) is 1.58. The summed E-state index contributed by atoms with van der Waals surface area (Å²) < 4.78 is 12.2. The molecule has 1 aliphatic heterocycles. The van der Waals surface area contributed by atoms with Crippen LogP contribution in [0.15, 0.2) is 53.6 Å². The molecule has 2 heterocycles. The molecular formula is C17H22N4OS. The van der Waals surface area contributed by atoms with Crippen molar-refractivity contribution in [3.63, 3.8) is 0 Å². The van der Waals surface area contributed by atoms with E-state index in [2.05, 4.69) is 20.4 Å². The van der Waals surface area contributed by atoms with Crippen LogP contribution in [-0.4, -0.2) is 45.8 Å². The number of anilines is 1. The highest BCUT2D eigenvalue weighted by Gasteiger charge is 2.20. The van der Waals surface area contributed by atoms with Gasteiger partial charge in [-0.2, -0.15) is 5.10 Å². The van der Waals surface area contributed by atoms with Gasteiger partial charge in [0.1, 0.15) is 0 Å². The molecule has 0 radical (unpaired) electrons. The summed E-state index contributed by atoms with van der Waals surface area (Å²) in [6.07, 6.45) is 3.98. The molecule has 2 atom stereocenters. The van der Waals surface area contributed by atoms with Gasteiger partial charge in [-0.05, 0) is 37.1 Å². The van der Waals surface area contributed by atoms with Crippen molar-refractivity contribution in [2.24, 2.45) is 0 Å². The Morgan fingerprint density at radius 2 is 2.09 bits per heavy atom. The van der Waals surface area contributed by atoms with E-state index >= 15 is 0 Å². The highest BCUT2D eigenvalue weighted by Crippen LogP contribution is 2.16. The van der Waals surface area contributed by atoms with Crippen LogP contribution in [0.2, 0.25) is 0 Å². The summed E-state index contributed by atoms with van der Waals surface area (Å²) in [7, 11) is -0.931. The maximum absolute atomic E-state index is 12.2. The molecule has 0 aliphatic carbocycles. The molecule has 1 fully saturated rings. The van der Waals surface area contributed by atoms with Crippen LogP contribution in [0.4, 0.5) is 5.82 Å². The van der Waals surface area contributed by atoms with Gasteiger partial charge in [-0.15, -0.1) is 5.10 Å². The lowest BCUT2D eigenvalue weighted by molar-refractivity contribution is 0.429. The van der Waals surface area contributed by atoms with Crippen LogP contribution in [0.1, 0.15) is 12.8 Å². The summed E-state index contributed by atoms with van der Waals surface area (Å²) in [5, 5.41) is 11.7. The standard InChI is InChI=1S/C17H22N4OS/c22-23(16-7-2-1-3-8-16)13-11-18-15-6-5-12-21(14-15)17-9-4-10-19-20-17/h1-4,7-10,15,18H,5-6,11-14H2/t15-,23-/m0/s1. The van der Waals surface area contributed by atoms with Gasteiger partial charge in [-0.3, -0.25) is 4.21 Å². The van der Waals surface area contributed by atoms with Crippen molar-refractivity contribution >= 4 is 16.6 Å². The summed E-state index contributed by atoms with van der Waals surface area (Å²) in [6, 6.07) is 14.0. The van der Waals surface area contributed by atoms with E-state index in [1.807, 2.05) is 42.5 Å². The summed E-state index contributed by atoms with van der Waals surface area (Å²) in [4.78, 5) is 3.17. The average Bonchev–Trinajstić information content (AvgIpc) is 2.63. The van der Waals surface area contributed by atoms with Crippen LogP contribution in [0.25, 0.3) is 0 Å². The average molecular weight is 330 g/mol. The number of piperidine rings is 1. The van der Waals surface area contributed by atoms with Gasteiger partial charge in [0.05, 0.1) is 10.8 Å². The molecule has 2 aromatic rings. The minimum Gasteiger partial charge on any atom is -0.354 e.